The number of aromatic nitrogens is 3. The van der Waals surface area contributed by atoms with E-state index in [0.29, 0.717) is 18.1 Å². The zero-order valence-corrected chi connectivity index (χ0v) is 17.5. The average molecular weight is 436 g/mol. The smallest absolute Gasteiger partial charge is 0.260 e. The second-order valence-corrected chi connectivity index (χ2v) is 7.57. The number of nitrogens with zero attached hydrogens (tertiary/aromatic N) is 4. The molecule has 0 spiro atoms. The Bertz CT molecular complexity index is 1100. The third kappa shape index (κ3) is 4.24. The normalized spacial score (nSPS) is 18.3. The molecule has 1 unspecified atom stereocenters. The second kappa shape index (κ2) is 8.87. The lowest BCUT2D eigenvalue weighted by Crippen LogP contribution is -2.61. The van der Waals surface area contributed by atoms with E-state index in [-0.39, 0.29) is 13.2 Å². The Morgan fingerprint density at radius 3 is 2.66 bits per heavy atom. The van der Waals surface area contributed by atoms with Crippen LogP contribution in [0.1, 0.15) is 12.5 Å². The fourth-order valence-corrected chi connectivity index (χ4v) is 3.41. The topological polar surface area (TPSA) is 136 Å². The molecule has 3 heterocycles. The van der Waals surface area contributed by atoms with Crippen LogP contribution in [0.3, 0.4) is 0 Å². The van der Waals surface area contributed by atoms with Crippen LogP contribution in [-0.2, 0) is 20.9 Å². The predicted octanol–water partition coefficient (Wildman–Crippen LogP) is 0.847. The zero-order valence-electron chi connectivity index (χ0n) is 17.5. The molecule has 10 heteroatoms. The Hall–Kier alpha value is -3.60. The quantitative estimate of drug-likeness (QED) is 0.521. The summed E-state index contributed by atoms with van der Waals surface area (Å²) in [5.74, 6) is -0.899. The first-order chi connectivity index (χ1) is 15.4. The number of rotatable bonds is 6. The number of carbonyl (C=O) groups is 2. The van der Waals surface area contributed by atoms with Crippen LogP contribution in [0.2, 0.25) is 0 Å². The lowest BCUT2D eigenvalue weighted by molar-refractivity contribution is -0.165. The molecule has 3 aromatic rings. The van der Waals surface area contributed by atoms with Gasteiger partial charge in [-0.25, -0.2) is 4.68 Å². The highest BCUT2D eigenvalue weighted by Crippen LogP contribution is 2.25. The largest absolute Gasteiger partial charge is 0.377 e. The Morgan fingerprint density at radius 2 is 1.97 bits per heavy atom. The molecule has 2 amide bonds. The van der Waals surface area contributed by atoms with Gasteiger partial charge in [-0.2, -0.15) is 0 Å². The molecule has 1 saturated heterocycles. The lowest BCUT2D eigenvalue weighted by Gasteiger charge is -2.37. The van der Waals surface area contributed by atoms with Crippen molar-refractivity contribution in [2.75, 3.05) is 23.4 Å². The van der Waals surface area contributed by atoms with Gasteiger partial charge in [0.15, 0.2) is 17.5 Å². The van der Waals surface area contributed by atoms with Gasteiger partial charge >= 0.3 is 0 Å². The maximum atomic E-state index is 13.1. The zero-order chi connectivity index (χ0) is 22.7. The van der Waals surface area contributed by atoms with Crippen molar-refractivity contribution in [3.8, 4) is 5.69 Å². The second-order valence-electron chi connectivity index (χ2n) is 7.57. The summed E-state index contributed by atoms with van der Waals surface area (Å²) in [5, 5.41) is 18.0. The molecule has 2 atom stereocenters. The van der Waals surface area contributed by atoms with Gasteiger partial charge in [0, 0.05) is 36.9 Å². The summed E-state index contributed by atoms with van der Waals surface area (Å²) < 4.78 is 7.15. The van der Waals surface area contributed by atoms with Crippen molar-refractivity contribution in [3.63, 3.8) is 0 Å². The first-order valence-electron chi connectivity index (χ1n) is 10.1. The highest BCUT2D eigenvalue weighted by atomic mass is 16.5. The summed E-state index contributed by atoms with van der Waals surface area (Å²) in [6.45, 7) is 2.04. The van der Waals surface area contributed by atoms with Gasteiger partial charge in [0.1, 0.15) is 0 Å². The van der Waals surface area contributed by atoms with E-state index in [1.54, 1.807) is 65.7 Å². The van der Waals surface area contributed by atoms with Gasteiger partial charge in [0.2, 0.25) is 0 Å². The summed E-state index contributed by atoms with van der Waals surface area (Å²) in [7, 11) is 0. The number of benzene rings is 1. The molecule has 1 aliphatic heterocycles. The van der Waals surface area contributed by atoms with Crippen molar-refractivity contribution in [2.45, 2.75) is 25.2 Å². The van der Waals surface area contributed by atoms with Crippen LogP contribution < -0.4 is 16.0 Å². The van der Waals surface area contributed by atoms with Crippen molar-refractivity contribution in [1.29, 1.82) is 0 Å². The summed E-state index contributed by atoms with van der Waals surface area (Å²) in [4.78, 5) is 31.3. The molecule has 32 heavy (non-hydrogen) atoms. The summed E-state index contributed by atoms with van der Waals surface area (Å²) in [5.41, 5.74) is 5.65. The summed E-state index contributed by atoms with van der Waals surface area (Å²) >= 11 is 0. The number of nitrogens with one attached hydrogen (secondary N) is 1. The van der Waals surface area contributed by atoms with Crippen molar-refractivity contribution in [3.05, 3.63) is 66.6 Å². The number of aliphatic hydroxyl groups is 1. The SMILES string of the molecule is CC(O)(C(=O)Nc1ccc(CN)cc1)[C@H]1OCCN(c2ccn(-c3ccncc3)n2)C1=O. The molecule has 0 saturated carbocycles. The minimum atomic E-state index is -2.10. The minimum absolute atomic E-state index is 0.146. The molecule has 1 aliphatic rings. The molecule has 166 valence electrons. The number of hydrogen-bond donors (Lipinski definition) is 3. The number of amides is 2. The van der Waals surface area contributed by atoms with Gasteiger partial charge in [0.25, 0.3) is 11.8 Å². The van der Waals surface area contributed by atoms with Crippen LogP contribution in [0.25, 0.3) is 5.69 Å². The maximum Gasteiger partial charge on any atom is 0.260 e. The van der Waals surface area contributed by atoms with Crippen LogP contribution in [0.5, 0.6) is 0 Å². The van der Waals surface area contributed by atoms with Crippen molar-refractivity contribution >= 4 is 23.3 Å². The molecule has 0 aliphatic carbocycles. The molecular weight excluding hydrogens is 412 g/mol. The Kier molecular flexibility index (Phi) is 5.99. The molecule has 0 radical (unpaired) electrons. The van der Waals surface area contributed by atoms with Gasteiger partial charge in [-0.15, -0.1) is 5.10 Å². The number of hydrogen-bond acceptors (Lipinski definition) is 7. The van der Waals surface area contributed by atoms with E-state index in [0.717, 1.165) is 11.3 Å². The first-order valence-corrected chi connectivity index (χ1v) is 10.1. The van der Waals surface area contributed by atoms with Gasteiger partial charge in [-0.1, -0.05) is 12.1 Å². The molecule has 4 rings (SSSR count). The summed E-state index contributed by atoms with van der Waals surface area (Å²) in [6, 6.07) is 12.2. The molecule has 4 N–H and O–H groups in total. The van der Waals surface area contributed by atoms with E-state index >= 15 is 0 Å². The highest BCUT2D eigenvalue weighted by Gasteiger charge is 2.48. The Morgan fingerprint density at radius 1 is 1.25 bits per heavy atom. The van der Waals surface area contributed by atoms with Crippen LogP contribution in [0.4, 0.5) is 11.5 Å². The molecule has 2 aromatic heterocycles. The van der Waals surface area contributed by atoms with Crippen molar-refractivity contribution in [1.82, 2.24) is 14.8 Å². The number of ether oxygens (including phenoxy) is 1. The first kappa shape index (κ1) is 21.6. The number of pyridine rings is 1. The number of morpholine rings is 1. The van der Waals surface area contributed by atoms with Gasteiger partial charge in [-0.05, 0) is 36.8 Å². The van der Waals surface area contributed by atoms with Crippen LogP contribution >= 0.6 is 0 Å². The van der Waals surface area contributed by atoms with Crippen LogP contribution in [-0.4, -0.2) is 56.5 Å². The third-order valence-corrected chi connectivity index (χ3v) is 5.29. The molecule has 1 fully saturated rings. The minimum Gasteiger partial charge on any atom is -0.377 e. The highest BCUT2D eigenvalue weighted by molar-refractivity contribution is 6.05. The summed E-state index contributed by atoms with van der Waals surface area (Å²) in [6.07, 6.45) is 3.63. The number of carbonyl (C=O) groups excluding carboxylic acids is 2. The fraction of sp³-hybridized carbons (Fsp3) is 0.273. The lowest BCUT2D eigenvalue weighted by atomic mass is 9.95. The van der Waals surface area contributed by atoms with Gasteiger partial charge in [-0.3, -0.25) is 19.5 Å². The molecular formula is C22H24N6O4. The van der Waals surface area contributed by atoms with E-state index in [4.69, 9.17) is 10.5 Å². The van der Waals surface area contributed by atoms with Crippen LogP contribution in [0.15, 0.2) is 61.1 Å². The van der Waals surface area contributed by atoms with Gasteiger partial charge in [0.05, 0.1) is 18.8 Å². The third-order valence-electron chi connectivity index (χ3n) is 5.29. The predicted molar refractivity (Wildman–Crippen MR) is 117 cm³/mol. The van der Waals surface area contributed by atoms with E-state index in [2.05, 4.69) is 15.4 Å². The molecule has 10 nitrogen and oxygen atoms in total. The molecule has 1 aromatic carbocycles. The van der Waals surface area contributed by atoms with Gasteiger partial charge < -0.3 is 20.9 Å². The van der Waals surface area contributed by atoms with Crippen molar-refractivity contribution < 1.29 is 19.4 Å². The number of anilines is 2. The van der Waals surface area contributed by atoms with Crippen molar-refractivity contribution in [2.24, 2.45) is 5.73 Å². The Balaban J connectivity index is 1.50. The van der Waals surface area contributed by atoms with Crippen LogP contribution in [0, 0.1) is 0 Å². The monoisotopic (exact) mass is 436 g/mol. The van der Waals surface area contributed by atoms with E-state index in [1.807, 2.05) is 0 Å². The Labute approximate surface area is 184 Å². The fourth-order valence-electron chi connectivity index (χ4n) is 3.41. The van der Waals surface area contributed by atoms with E-state index in [9.17, 15) is 14.7 Å². The maximum absolute atomic E-state index is 13.1. The molecule has 0 bridgehead atoms. The van der Waals surface area contributed by atoms with E-state index in [1.165, 1.54) is 11.8 Å². The average Bonchev–Trinajstić information content (AvgIpc) is 3.30. The van der Waals surface area contributed by atoms with E-state index < -0.39 is 23.5 Å². The number of nitrogens with two attached hydrogens (primary N) is 1. The standard InChI is InChI=1S/C22H24N6O4/c1-22(31,21(30)25-16-4-2-15(14-23)3-5-16)19-20(29)27(12-13-32-19)18-8-11-28(26-18)17-6-9-24-10-7-17/h2-11,19,31H,12-14,23H2,1H3,(H,25,30)/t19-,22?/m0/s1.